The standard InChI is InChI=1S/C28H48O6/c1-14(2)15(3)24(31)25(32)16(4)18-7-8-19-17-13-34-26(33)21-11-22(29)23(30)12-28(21,6)20(17)9-10-27(18,19)5/h14-25,29-32H,7-13H2,1-6H3/t15-,16+,17-,18-,19+,20-,21-,22-,23+,24-,25+,27+,28+/m0/s1. The topological polar surface area (TPSA) is 107 Å². The number of hydrogen-bond acceptors (Lipinski definition) is 6. The van der Waals surface area contributed by atoms with Crippen molar-refractivity contribution in [3.05, 3.63) is 0 Å². The van der Waals surface area contributed by atoms with Crippen LogP contribution in [0.25, 0.3) is 0 Å². The van der Waals surface area contributed by atoms with Gasteiger partial charge in [-0.25, -0.2) is 0 Å². The Morgan fingerprint density at radius 1 is 0.912 bits per heavy atom. The summed E-state index contributed by atoms with van der Waals surface area (Å²) in [5.41, 5.74) is -0.345. The van der Waals surface area contributed by atoms with Crippen molar-refractivity contribution in [2.45, 2.75) is 104 Å². The molecule has 0 spiro atoms. The molecule has 0 aromatic heterocycles. The van der Waals surface area contributed by atoms with Crippen LogP contribution in [0.5, 0.6) is 0 Å². The van der Waals surface area contributed by atoms with E-state index in [2.05, 4.69) is 34.6 Å². The second-order valence-corrected chi connectivity index (χ2v) is 13.3. The summed E-state index contributed by atoms with van der Waals surface area (Å²) >= 11 is 0. The SMILES string of the molecule is CC(C)[C@H](C)[C@H](O)[C@H](O)[C@H](C)[C@@H]1CC[C@@H]2[C@@H]3COC(=O)[C@@H]4C[C@H](O)[C@H](O)C[C@]4(C)[C@H]3CC[C@@]21C. The highest BCUT2D eigenvalue weighted by atomic mass is 16.5. The predicted octanol–water partition coefficient (Wildman–Crippen LogP) is 3.39. The van der Waals surface area contributed by atoms with Gasteiger partial charge in [0.1, 0.15) is 0 Å². The van der Waals surface area contributed by atoms with Gasteiger partial charge >= 0.3 is 5.97 Å². The third-order valence-corrected chi connectivity index (χ3v) is 11.5. The number of esters is 1. The molecule has 6 heteroatoms. The van der Waals surface area contributed by atoms with Crippen molar-refractivity contribution < 1.29 is 30.0 Å². The summed E-state index contributed by atoms with van der Waals surface area (Å²) < 4.78 is 5.86. The highest BCUT2D eigenvalue weighted by Gasteiger charge is 2.63. The van der Waals surface area contributed by atoms with Crippen LogP contribution in [0.2, 0.25) is 0 Å². The Bertz CT molecular complexity index is 755. The maximum absolute atomic E-state index is 13.0. The molecule has 4 rings (SSSR count). The summed E-state index contributed by atoms with van der Waals surface area (Å²) in [4.78, 5) is 13.0. The van der Waals surface area contributed by atoms with Gasteiger partial charge in [-0.3, -0.25) is 4.79 Å². The largest absolute Gasteiger partial charge is 0.465 e. The summed E-state index contributed by atoms with van der Waals surface area (Å²) in [5.74, 6) is 0.948. The van der Waals surface area contributed by atoms with E-state index in [1.165, 1.54) is 0 Å². The lowest BCUT2D eigenvalue weighted by Gasteiger charge is -2.56. The Hall–Kier alpha value is -0.690. The first kappa shape index (κ1) is 26.4. The number of fused-ring (bicyclic) bond motifs is 5. The molecular formula is C28H48O6. The van der Waals surface area contributed by atoms with E-state index in [-0.39, 0.29) is 52.8 Å². The smallest absolute Gasteiger partial charge is 0.309 e. The van der Waals surface area contributed by atoms with Crippen molar-refractivity contribution >= 4 is 5.97 Å². The summed E-state index contributed by atoms with van der Waals surface area (Å²) in [5, 5.41) is 42.9. The molecule has 4 fully saturated rings. The van der Waals surface area contributed by atoms with Crippen LogP contribution in [0.1, 0.15) is 80.1 Å². The third kappa shape index (κ3) is 4.05. The molecule has 4 aliphatic rings. The lowest BCUT2D eigenvalue weighted by molar-refractivity contribution is -0.162. The zero-order chi connectivity index (χ0) is 25.2. The molecule has 0 radical (unpaired) electrons. The van der Waals surface area contributed by atoms with Crippen molar-refractivity contribution in [3.63, 3.8) is 0 Å². The molecule has 3 aliphatic carbocycles. The van der Waals surface area contributed by atoms with Crippen LogP contribution in [0.3, 0.4) is 0 Å². The van der Waals surface area contributed by atoms with E-state index in [9.17, 15) is 25.2 Å². The molecule has 0 amide bonds. The Morgan fingerprint density at radius 3 is 2.21 bits per heavy atom. The second kappa shape index (κ2) is 9.32. The fourth-order valence-corrected chi connectivity index (χ4v) is 8.95. The first-order chi connectivity index (χ1) is 15.8. The van der Waals surface area contributed by atoms with Gasteiger partial charge in [-0.15, -0.1) is 0 Å². The van der Waals surface area contributed by atoms with E-state index in [0.717, 1.165) is 25.7 Å². The van der Waals surface area contributed by atoms with Crippen LogP contribution < -0.4 is 0 Å². The van der Waals surface area contributed by atoms with Crippen LogP contribution in [0.4, 0.5) is 0 Å². The summed E-state index contributed by atoms with van der Waals surface area (Å²) in [6.45, 7) is 13.2. The second-order valence-electron chi connectivity index (χ2n) is 13.3. The molecular weight excluding hydrogens is 432 g/mol. The van der Waals surface area contributed by atoms with Crippen LogP contribution in [0, 0.1) is 58.2 Å². The van der Waals surface area contributed by atoms with Gasteiger partial charge in [0.15, 0.2) is 0 Å². The minimum atomic E-state index is -0.867. The first-order valence-corrected chi connectivity index (χ1v) is 13.7. The predicted molar refractivity (Wildman–Crippen MR) is 130 cm³/mol. The number of ether oxygens (including phenoxy) is 1. The maximum Gasteiger partial charge on any atom is 0.309 e. The molecule has 0 unspecified atom stereocenters. The lowest BCUT2D eigenvalue weighted by Crippen LogP contribution is -2.55. The maximum atomic E-state index is 13.0. The van der Waals surface area contributed by atoms with Crippen molar-refractivity contribution in [1.29, 1.82) is 0 Å². The quantitative estimate of drug-likeness (QED) is 0.450. The number of hydrogen-bond donors (Lipinski definition) is 4. The fraction of sp³-hybridized carbons (Fsp3) is 0.964. The third-order valence-electron chi connectivity index (χ3n) is 11.5. The summed E-state index contributed by atoms with van der Waals surface area (Å²) in [7, 11) is 0. The lowest BCUT2D eigenvalue weighted by atomic mass is 9.48. The Kier molecular flexibility index (Phi) is 7.23. The van der Waals surface area contributed by atoms with E-state index < -0.39 is 24.4 Å². The number of cyclic esters (lactones) is 1. The van der Waals surface area contributed by atoms with Gasteiger partial charge in [-0.05, 0) is 90.8 Å². The Balaban J connectivity index is 1.58. The van der Waals surface area contributed by atoms with Gasteiger partial charge in [-0.2, -0.15) is 0 Å². The van der Waals surface area contributed by atoms with Crippen molar-refractivity contribution in [2.24, 2.45) is 58.2 Å². The van der Waals surface area contributed by atoms with Crippen LogP contribution in [0.15, 0.2) is 0 Å². The molecule has 1 aliphatic heterocycles. The van der Waals surface area contributed by atoms with E-state index in [4.69, 9.17) is 4.74 Å². The van der Waals surface area contributed by atoms with Crippen LogP contribution in [-0.4, -0.2) is 57.4 Å². The Morgan fingerprint density at radius 2 is 1.56 bits per heavy atom. The number of carbonyl (C=O) groups is 1. The molecule has 0 aromatic carbocycles. The van der Waals surface area contributed by atoms with E-state index >= 15 is 0 Å². The van der Waals surface area contributed by atoms with Gasteiger partial charge in [0.2, 0.25) is 0 Å². The van der Waals surface area contributed by atoms with Crippen molar-refractivity contribution in [3.8, 4) is 0 Å². The highest BCUT2D eigenvalue weighted by Crippen LogP contribution is 2.66. The molecule has 34 heavy (non-hydrogen) atoms. The van der Waals surface area contributed by atoms with Crippen LogP contribution >= 0.6 is 0 Å². The van der Waals surface area contributed by atoms with E-state index in [0.29, 0.717) is 30.8 Å². The zero-order valence-electron chi connectivity index (χ0n) is 22.0. The number of aliphatic hydroxyl groups is 4. The minimum Gasteiger partial charge on any atom is -0.465 e. The average Bonchev–Trinajstić information content (AvgIpc) is 3.09. The number of aliphatic hydroxyl groups excluding tert-OH is 4. The molecule has 1 heterocycles. The number of carbonyl (C=O) groups excluding carboxylic acids is 1. The molecule has 1 saturated heterocycles. The fourth-order valence-electron chi connectivity index (χ4n) is 8.95. The van der Waals surface area contributed by atoms with Crippen molar-refractivity contribution in [1.82, 2.24) is 0 Å². The zero-order valence-corrected chi connectivity index (χ0v) is 22.0. The average molecular weight is 481 g/mol. The number of rotatable bonds is 5. The molecule has 196 valence electrons. The normalized spacial score (nSPS) is 48.1. The monoisotopic (exact) mass is 480 g/mol. The van der Waals surface area contributed by atoms with E-state index in [1.807, 2.05) is 6.92 Å². The van der Waals surface area contributed by atoms with Gasteiger partial charge in [0.25, 0.3) is 0 Å². The molecule has 0 aromatic rings. The Labute approximate surface area is 205 Å². The summed E-state index contributed by atoms with van der Waals surface area (Å²) in [6.07, 6.45) is 1.61. The first-order valence-electron chi connectivity index (χ1n) is 13.7. The molecule has 0 bridgehead atoms. The van der Waals surface area contributed by atoms with Crippen molar-refractivity contribution in [2.75, 3.05) is 6.61 Å². The highest BCUT2D eigenvalue weighted by molar-refractivity contribution is 5.74. The minimum absolute atomic E-state index is 0.00827. The summed E-state index contributed by atoms with van der Waals surface area (Å²) in [6, 6.07) is 0. The molecule has 3 saturated carbocycles. The molecule has 6 nitrogen and oxygen atoms in total. The van der Waals surface area contributed by atoms with Gasteiger partial charge in [0.05, 0.1) is 36.9 Å². The van der Waals surface area contributed by atoms with Crippen LogP contribution in [-0.2, 0) is 9.53 Å². The van der Waals surface area contributed by atoms with Gasteiger partial charge in [0, 0.05) is 0 Å². The molecule has 4 N–H and O–H groups in total. The molecule has 13 atom stereocenters. The van der Waals surface area contributed by atoms with E-state index in [1.54, 1.807) is 0 Å². The van der Waals surface area contributed by atoms with Gasteiger partial charge in [-0.1, -0.05) is 41.5 Å². The van der Waals surface area contributed by atoms with Gasteiger partial charge < -0.3 is 25.2 Å².